The molecule has 0 fully saturated rings. The van der Waals surface area contributed by atoms with Crippen LogP contribution < -0.4 is 0 Å². The first-order valence-electron chi connectivity index (χ1n) is 2.15. The van der Waals surface area contributed by atoms with Crippen molar-refractivity contribution in [3.63, 3.8) is 0 Å². The second-order valence-corrected chi connectivity index (χ2v) is 10.8. The Morgan fingerprint density at radius 3 is 1.70 bits per heavy atom. The molecule has 1 unspecified atom stereocenters. The fourth-order valence-corrected chi connectivity index (χ4v) is 4.36. The van der Waals surface area contributed by atoms with Gasteiger partial charge in [-0.1, -0.05) is 0 Å². The summed E-state index contributed by atoms with van der Waals surface area (Å²) in [5, 5.41) is 0. The van der Waals surface area contributed by atoms with Crippen molar-refractivity contribution in [1.29, 1.82) is 0 Å². The number of hydrogen-bond acceptors (Lipinski definition) is 2. The molecule has 8 heteroatoms. The van der Waals surface area contributed by atoms with Crippen molar-refractivity contribution in [3.05, 3.63) is 0 Å². The molecule has 0 bridgehead atoms. The van der Waals surface area contributed by atoms with Crippen LogP contribution in [0.1, 0.15) is 0 Å². The fourth-order valence-electron chi connectivity index (χ4n) is 0.194. The molecule has 0 aromatic heterocycles. The van der Waals surface area contributed by atoms with Gasteiger partial charge >= 0.3 is 87.3 Å². The zero-order valence-electron chi connectivity index (χ0n) is 4.81. The molecule has 0 aliphatic carbocycles. The van der Waals surface area contributed by atoms with E-state index in [1.807, 2.05) is 0 Å². The summed E-state index contributed by atoms with van der Waals surface area (Å²) in [7, 11) is 0.890. The van der Waals surface area contributed by atoms with Gasteiger partial charge in [0.05, 0.1) is 0 Å². The third-order valence-corrected chi connectivity index (χ3v) is 9.78. The Hall–Kier alpha value is 1.65. The van der Waals surface area contributed by atoms with Gasteiger partial charge in [-0.15, -0.1) is 0 Å². The van der Waals surface area contributed by atoms with E-state index in [4.69, 9.17) is 45.5 Å². The van der Waals surface area contributed by atoms with Crippen molar-refractivity contribution in [3.8, 4) is 0 Å². The van der Waals surface area contributed by atoms with Crippen LogP contribution in [0.15, 0.2) is 0 Å². The third-order valence-electron chi connectivity index (χ3n) is 0.788. The molecule has 0 saturated carbocycles. The van der Waals surface area contributed by atoms with Gasteiger partial charge in [0, 0.05) is 0 Å². The van der Waals surface area contributed by atoms with E-state index in [9.17, 15) is 8.42 Å². The molecule has 0 aromatic carbocycles. The van der Waals surface area contributed by atoms with Crippen LogP contribution in [0.3, 0.4) is 0 Å². The molecule has 10 heavy (non-hydrogen) atoms. The Morgan fingerprint density at radius 2 is 1.70 bits per heavy atom. The minimum absolute atomic E-state index is 0.0000154. The fraction of sp³-hybridized carbons (Fsp3) is 1.00. The van der Waals surface area contributed by atoms with E-state index in [1.54, 1.807) is 0 Å². The predicted molar refractivity (Wildman–Crippen MR) is 48.8 cm³/mol. The van der Waals surface area contributed by atoms with Crippen molar-refractivity contribution < 1.29 is 8.42 Å². The molecule has 0 N–H and O–H groups in total. The molecule has 0 spiro atoms. The van der Waals surface area contributed by atoms with Crippen LogP contribution in [0.2, 0.25) is 0 Å². The van der Waals surface area contributed by atoms with Crippen LogP contribution in [-0.2, 0) is 9.05 Å². The predicted octanol–water partition coefficient (Wildman–Crippen LogP) is 0.617. The quantitative estimate of drug-likeness (QED) is 0.426. The Bertz CT molecular complexity index is 209. The summed E-state index contributed by atoms with van der Waals surface area (Å²) in [6.45, 7) is 0. The average Bonchev–Trinajstić information content (AvgIpc) is 1.62. The maximum absolute atomic E-state index is 10.5. The van der Waals surface area contributed by atoms with Crippen LogP contribution in [0.25, 0.3) is 0 Å². The van der Waals surface area contributed by atoms with E-state index in [0.717, 1.165) is 0 Å². The Kier molecular flexibility index (Phi) is 4.17. The molecule has 0 heterocycles. The average molecular weight is 307 g/mol. The van der Waals surface area contributed by atoms with Gasteiger partial charge < -0.3 is 0 Å². The molecule has 0 radical (unpaired) electrons. The summed E-state index contributed by atoms with van der Waals surface area (Å²) < 4.78 is 18.3. The summed E-state index contributed by atoms with van der Waals surface area (Å²) in [6, 6.07) is 0. The summed E-state index contributed by atoms with van der Waals surface area (Å²) >= 11 is 16.0. The van der Waals surface area contributed by atoms with Crippen LogP contribution in [0.4, 0.5) is 0 Å². The van der Waals surface area contributed by atoms with Crippen molar-refractivity contribution in [2.24, 2.45) is 0 Å². The van der Waals surface area contributed by atoms with Crippen molar-refractivity contribution in [1.82, 2.24) is 0 Å². The Morgan fingerprint density at radius 1 is 1.40 bits per heavy atom. The first kappa shape index (κ1) is 11.7. The normalized spacial score (nSPS) is 17.2. The van der Waals surface area contributed by atoms with Gasteiger partial charge in [-0.2, -0.15) is 0 Å². The SMILES string of the molecule is O=S(=O)(Cl)C(Cl)(Cl)[CH](Cl)[GeH3]. The Balaban J connectivity index is 4.76. The summed E-state index contributed by atoms with van der Waals surface area (Å²) in [5.41, 5.74) is 0. The second-order valence-electron chi connectivity index (χ2n) is 1.62. The van der Waals surface area contributed by atoms with Gasteiger partial charge in [0.25, 0.3) is 0 Å². The minimum atomic E-state index is -3.98. The molecule has 0 aliphatic heterocycles. The van der Waals surface area contributed by atoms with E-state index < -0.39 is 16.9 Å². The monoisotopic (exact) mass is 306 g/mol. The molecular weight excluding hydrogens is 303 g/mol. The van der Waals surface area contributed by atoms with E-state index in [-0.39, 0.29) is 16.5 Å². The third kappa shape index (κ3) is 2.61. The first-order valence-corrected chi connectivity index (χ1v) is 8.08. The molecule has 0 saturated heterocycles. The maximum atomic E-state index is 10.5. The molecule has 0 aliphatic rings. The zero-order valence-corrected chi connectivity index (χ0v) is 12.9. The van der Waals surface area contributed by atoms with E-state index in [2.05, 4.69) is 0 Å². The van der Waals surface area contributed by atoms with Gasteiger partial charge in [0.1, 0.15) is 0 Å². The molecule has 2 nitrogen and oxygen atoms in total. The molecule has 1 atom stereocenters. The van der Waals surface area contributed by atoms with E-state index in [1.165, 1.54) is 0 Å². The van der Waals surface area contributed by atoms with Gasteiger partial charge in [-0.3, -0.25) is 0 Å². The molecule has 0 amide bonds. The van der Waals surface area contributed by atoms with Gasteiger partial charge in [-0.05, 0) is 0 Å². The summed E-state index contributed by atoms with van der Waals surface area (Å²) in [6.07, 6.45) is 0. The van der Waals surface area contributed by atoms with E-state index in [0.29, 0.717) is 0 Å². The molecule has 0 aromatic rings. The number of rotatable bonds is 2. The first-order chi connectivity index (χ1) is 4.19. The number of hydrogen-bond donors (Lipinski definition) is 0. The van der Waals surface area contributed by atoms with Crippen molar-refractivity contribution >= 4 is 71.1 Å². The van der Waals surface area contributed by atoms with Crippen molar-refractivity contribution in [2.75, 3.05) is 0 Å². The molecular formula is C2H4Cl4GeO2S. The summed E-state index contributed by atoms with van der Waals surface area (Å²) in [4.78, 5) is 0. The van der Waals surface area contributed by atoms with Gasteiger partial charge in [0.2, 0.25) is 0 Å². The number of halogens is 4. The van der Waals surface area contributed by atoms with Crippen LogP contribution in [0.5, 0.6) is 0 Å². The van der Waals surface area contributed by atoms with Gasteiger partial charge in [0.15, 0.2) is 0 Å². The van der Waals surface area contributed by atoms with E-state index >= 15 is 0 Å². The standard InChI is InChI=1S/C2H4Cl4GeO2S/c3-1(7)2(4,5)10(6,8)9/h1H,7H3. The molecule has 62 valence electrons. The van der Waals surface area contributed by atoms with Gasteiger partial charge in [-0.25, -0.2) is 0 Å². The number of alkyl halides is 3. The van der Waals surface area contributed by atoms with Crippen LogP contribution in [0, 0.1) is 0 Å². The molecule has 0 rings (SSSR count). The topological polar surface area (TPSA) is 34.1 Å². The van der Waals surface area contributed by atoms with Crippen LogP contribution in [-0.4, -0.2) is 32.8 Å². The zero-order chi connectivity index (χ0) is 8.58. The van der Waals surface area contributed by atoms with Crippen molar-refractivity contribution in [2.45, 2.75) is 7.87 Å². The Labute approximate surface area is 86.8 Å². The summed E-state index contributed by atoms with van der Waals surface area (Å²) in [5.74, 6) is 0. The second kappa shape index (κ2) is 3.58. The van der Waals surface area contributed by atoms with Crippen LogP contribution >= 0.6 is 45.5 Å².